The van der Waals surface area contributed by atoms with Gasteiger partial charge in [0.25, 0.3) is 0 Å². The summed E-state index contributed by atoms with van der Waals surface area (Å²) in [6.45, 7) is 1.87. The highest BCUT2D eigenvalue weighted by atomic mass is 19.1. The summed E-state index contributed by atoms with van der Waals surface area (Å²) >= 11 is 0. The monoisotopic (exact) mass is 365 g/mol. The number of carbonyl (C=O) groups excluding carboxylic acids is 2. The molecule has 0 saturated carbocycles. The number of nitrogens with zero attached hydrogens (tertiary/aromatic N) is 1. The Balaban J connectivity index is 1.70. The molecule has 6 heteroatoms. The first kappa shape index (κ1) is 18.4. The van der Waals surface area contributed by atoms with Gasteiger partial charge in [-0.3, -0.25) is 9.36 Å². The van der Waals surface area contributed by atoms with Crippen LogP contribution in [0.25, 0.3) is 17.0 Å². The maximum Gasteiger partial charge on any atom is 0.323 e. The Morgan fingerprint density at radius 2 is 1.89 bits per heavy atom. The molecule has 0 aliphatic carbocycles. The van der Waals surface area contributed by atoms with E-state index in [4.69, 9.17) is 5.73 Å². The second-order valence-corrected chi connectivity index (χ2v) is 6.35. The molecule has 138 valence electrons. The van der Waals surface area contributed by atoms with E-state index in [2.05, 4.69) is 5.32 Å². The molecule has 0 radical (unpaired) electrons. The van der Waals surface area contributed by atoms with Gasteiger partial charge >= 0.3 is 6.03 Å². The first-order valence-electron chi connectivity index (χ1n) is 8.57. The van der Waals surface area contributed by atoms with Crippen molar-refractivity contribution in [2.75, 3.05) is 0 Å². The van der Waals surface area contributed by atoms with Crippen LogP contribution in [0.4, 0.5) is 9.18 Å². The number of halogens is 1. The fourth-order valence-corrected chi connectivity index (χ4v) is 3.04. The first-order chi connectivity index (χ1) is 13.0. The molecule has 5 nitrogen and oxygen atoms in total. The van der Waals surface area contributed by atoms with Gasteiger partial charge in [-0.05, 0) is 37.1 Å². The van der Waals surface area contributed by atoms with E-state index in [1.165, 1.54) is 22.8 Å². The van der Waals surface area contributed by atoms with E-state index in [1.54, 1.807) is 24.4 Å². The highest BCUT2D eigenvalue weighted by molar-refractivity contribution is 5.94. The van der Waals surface area contributed by atoms with Crippen molar-refractivity contribution in [1.29, 1.82) is 0 Å². The predicted molar refractivity (Wildman–Crippen MR) is 104 cm³/mol. The molecule has 0 spiro atoms. The molecule has 2 aromatic carbocycles. The van der Waals surface area contributed by atoms with Gasteiger partial charge in [0.1, 0.15) is 5.82 Å². The van der Waals surface area contributed by atoms with Crippen LogP contribution in [-0.2, 0) is 11.2 Å². The third kappa shape index (κ3) is 4.23. The Labute approximate surface area is 156 Å². The van der Waals surface area contributed by atoms with Gasteiger partial charge in [-0.15, -0.1) is 0 Å². The van der Waals surface area contributed by atoms with Gasteiger partial charge in [0.15, 0.2) is 0 Å². The van der Waals surface area contributed by atoms with Crippen LogP contribution in [0.5, 0.6) is 0 Å². The number of hydrogen-bond acceptors (Lipinski definition) is 2. The zero-order chi connectivity index (χ0) is 19.4. The second-order valence-electron chi connectivity index (χ2n) is 6.35. The molecule has 0 unspecified atom stereocenters. The van der Waals surface area contributed by atoms with Gasteiger partial charge in [0, 0.05) is 29.3 Å². The van der Waals surface area contributed by atoms with E-state index < -0.39 is 6.03 Å². The Morgan fingerprint density at radius 3 is 2.63 bits per heavy atom. The summed E-state index contributed by atoms with van der Waals surface area (Å²) in [4.78, 5) is 23.7. The van der Waals surface area contributed by atoms with Crippen LogP contribution >= 0.6 is 0 Å². The minimum absolute atomic E-state index is 0.185. The molecule has 1 heterocycles. The topological polar surface area (TPSA) is 77.1 Å². The van der Waals surface area contributed by atoms with Crippen LogP contribution in [0.1, 0.15) is 18.1 Å². The molecule has 0 bridgehead atoms. The van der Waals surface area contributed by atoms with E-state index in [-0.39, 0.29) is 17.8 Å². The van der Waals surface area contributed by atoms with Crippen molar-refractivity contribution in [2.45, 2.75) is 19.4 Å². The minimum atomic E-state index is -0.554. The van der Waals surface area contributed by atoms with Crippen molar-refractivity contribution in [3.05, 3.63) is 77.7 Å². The minimum Gasteiger partial charge on any atom is -0.351 e. The second kappa shape index (κ2) is 7.86. The number of para-hydroxylation sites is 1. The highest BCUT2D eigenvalue weighted by Crippen LogP contribution is 2.22. The molecule has 0 saturated heterocycles. The Morgan fingerprint density at radius 1 is 1.19 bits per heavy atom. The van der Waals surface area contributed by atoms with Crippen LogP contribution in [0.2, 0.25) is 0 Å². The summed E-state index contributed by atoms with van der Waals surface area (Å²) in [5.74, 6) is -0.696. The Kier molecular flexibility index (Phi) is 5.35. The largest absolute Gasteiger partial charge is 0.351 e. The van der Waals surface area contributed by atoms with E-state index in [0.717, 1.165) is 16.5 Å². The van der Waals surface area contributed by atoms with Gasteiger partial charge in [0.05, 0.1) is 5.52 Å². The summed E-state index contributed by atoms with van der Waals surface area (Å²) in [5.41, 5.74) is 7.42. The maximum atomic E-state index is 13.6. The lowest BCUT2D eigenvalue weighted by molar-refractivity contribution is -0.117. The van der Waals surface area contributed by atoms with Gasteiger partial charge in [0.2, 0.25) is 5.91 Å². The number of nitrogens with two attached hydrogens (primary N) is 1. The van der Waals surface area contributed by atoms with Crippen LogP contribution in [0.3, 0.4) is 0 Å². The lowest BCUT2D eigenvalue weighted by Gasteiger charge is -2.12. The van der Waals surface area contributed by atoms with Crippen LogP contribution in [0.15, 0.2) is 60.8 Å². The van der Waals surface area contributed by atoms with Gasteiger partial charge in [-0.2, -0.15) is 0 Å². The maximum absolute atomic E-state index is 13.6. The molecule has 3 N–H and O–H groups in total. The first-order valence-corrected chi connectivity index (χ1v) is 8.57. The number of nitrogens with one attached hydrogen (secondary N) is 1. The molecule has 3 rings (SSSR count). The standard InChI is InChI=1S/C21H20FN3O2/c1-14(24-20(26)11-10-15-6-2-4-8-18(15)22)12-16-13-25(21(23)27)19-9-5-3-7-17(16)19/h2-11,13-14H,12H2,1H3,(H2,23,27)(H,24,26)/t14-/m1/s1. The quantitative estimate of drug-likeness (QED) is 0.679. The molecule has 1 aromatic heterocycles. The third-order valence-corrected chi connectivity index (χ3v) is 4.27. The zero-order valence-corrected chi connectivity index (χ0v) is 14.9. The van der Waals surface area contributed by atoms with Crippen molar-refractivity contribution >= 4 is 28.9 Å². The molecule has 0 aliphatic heterocycles. The van der Waals surface area contributed by atoms with Gasteiger partial charge in [-0.1, -0.05) is 36.4 Å². The molecule has 3 aromatic rings. The molecule has 0 aliphatic rings. The molecule has 27 heavy (non-hydrogen) atoms. The highest BCUT2D eigenvalue weighted by Gasteiger charge is 2.14. The lowest BCUT2D eigenvalue weighted by atomic mass is 10.1. The summed E-state index contributed by atoms with van der Waals surface area (Å²) in [5, 5.41) is 3.76. The number of primary amides is 1. The SMILES string of the molecule is C[C@H](Cc1cn(C(N)=O)c2ccccc12)NC(=O)C=Cc1ccccc1F. The van der Waals surface area contributed by atoms with E-state index >= 15 is 0 Å². The molecule has 2 amide bonds. The summed E-state index contributed by atoms with van der Waals surface area (Å²) in [6.07, 6.45) is 4.98. The Bertz CT molecular complexity index is 1020. The van der Waals surface area contributed by atoms with Crippen LogP contribution in [0, 0.1) is 5.82 Å². The van der Waals surface area contributed by atoms with Crippen molar-refractivity contribution in [2.24, 2.45) is 5.73 Å². The van der Waals surface area contributed by atoms with Crippen molar-refractivity contribution in [1.82, 2.24) is 9.88 Å². The number of benzene rings is 2. The summed E-state index contributed by atoms with van der Waals surface area (Å²) in [6, 6.07) is 13.0. The normalized spacial score (nSPS) is 12.4. The van der Waals surface area contributed by atoms with E-state index in [9.17, 15) is 14.0 Å². The van der Waals surface area contributed by atoms with Crippen molar-refractivity contribution < 1.29 is 14.0 Å². The number of hydrogen-bond donors (Lipinski definition) is 2. The smallest absolute Gasteiger partial charge is 0.323 e. The fourth-order valence-electron chi connectivity index (χ4n) is 3.04. The number of amides is 2. The van der Waals surface area contributed by atoms with Gasteiger partial charge in [-0.25, -0.2) is 9.18 Å². The number of rotatable bonds is 5. The number of aromatic nitrogens is 1. The molecule has 0 fully saturated rings. The number of carbonyl (C=O) groups is 2. The number of fused-ring (bicyclic) bond motifs is 1. The molecular formula is C21H20FN3O2. The Hall–Kier alpha value is -3.41. The van der Waals surface area contributed by atoms with Crippen LogP contribution in [-0.4, -0.2) is 22.5 Å². The predicted octanol–water partition coefficient (Wildman–Crippen LogP) is 3.47. The van der Waals surface area contributed by atoms with Crippen LogP contribution < -0.4 is 11.1 Å². The average molecular weight is 365 g/mol. The lowest BCUT2D eigenvalue weighted by Crippen LogP contribution is -2.32. The summed E-state index contributed by atoms with van der Waals surface area (Å²) < 4.78 is 15.0. The molecule has 1 atom stereocenters. The van der Waals surface area contributed by atoms with Crippen molar-refractivity contribution in [3.8, 4) is 0 Å². The fraction of sp³-hybridized carbons (Fsp3) is 0.143. The average Bonchev–Trinajstić information content (AvgIpc) is 3.00. The molecular weight excluding hydrogens is 345 g/mol. The summed E-state index contributed by atoms with van der Waals surface area (Å²) in [7, 11) is 0. The van der Waals surface area contributed by atoms with Gasteiger partial charge < -0.3 is 11.1 Å². The van der Waals surface area contributed by atoms with E-state index in [0.29, 0.717) is 12.0 Å². The third-order valence-electron chi connectivity index (χ3n) is 4.27. The van der Waals surface area contributed by atoms with E-state index in [1.807, 2.05) is 31.2 Å². The zero-order valence-electron chi connectivity index (χ0n) is 14.9. The van der Waals surface area contributed by atoms with Crippen molar-refractivity contribution in [3.63, 3.8) is 0 Å².